The van der Waals surface area contributed by atoms with E-state index in [0.29, 0.717) is 39.5 Å². The maximum atomic E-state index is 12.9. The minimum absolute atomic E-state index is 0.0808. The highest BCUT2D eigenvalue weighted by Gasteiger charge is 2.52. The zero-order valence-corrected chi connectivity index (χ0v) is 24.1. The Morgan fingerprint density at radius 3 is 2.22 bits per heavy atom. The Balaban J connectivity index is 1.19. The maximum absolute atomic E-state index is 12.9. The summed E-state index contributed by atoms with van der Waals surface area (Å²) in [5.74, 6) is 3.63. The van der Waals surface area contributed by atoms with Crippen LogP contribution in [0.3, 0.4) is 0 Å². The molecule has 8 rings (SSSR count). The first kappa shape index (κ1) is 26.9. The van der Waals surface area contributed by atoms with E-state index in [-0.39, 0.29) is 18.1 Å². The fourth-order valence-corrected chi connectivity index (χ4v) is 8.49. The summed E-state index contributed by atoms with van der Waals surface area (Å²) >= 11 is 0. The molecule has 0 aromatic heterocycles. The lowest BCUT2D eigenvalue weighted by atomic mass is 9.48. The van der Waals surface area contributed by atoms with Crippen molar-refractivity contribution >= 4 is 16.7 Å². The number of carbonyl (C=O) groups is 1. The molecule has 0 atom stereocenters. The Bertz CT molecular complexity index is 1360. The molecule has 41 heavy (non-hydrogen) atoms. The summed E-state index contributed by atoms with van der Waals surface area (Å²) in [5.41, 5.74) is 4.60. The van der Waals surface area contributed by atoms with Crippen molar-refractivity contribution in [1.82, 2.24) is 4.90 Å². The third-order valence-electron chi connectivity index (χ3n) is 10.0. The summed E-state index contributed by atoms with van der Waals surface area (Å²) in [6.07, 6.45) is 8.09. The molecule has 0 radical (unpaired) electrons. The molecule has 3 aromatic rings. The molecule has 5 aliphatic rings. The topological polar surface area (TPSA) is 57.2 Å². The Hall–Kier alpha value is -2.93. The van der Waals surface area contributed by atoms with Crippen molar-refractivity contribution in [3.8, 4) is 16.9 Å². The first-order chi connectivity index (χ1) is 20.1. The van der Waals surface area contributed by atoms with Gasteiger partial charge in [0.25, 0.3) is 5.91 Å². The zero-order valence-electron chi connectivity index (χ0n) is 24.1. The second-order valence-electron chi connectivity index (χ2n) is 12.8. The van der Waals surface area contributed by atoms with Gasteiger partial charge in [0.2, 0.25) is 0 Å². The number of fused-ring (bicyclic) bond motifs is 1. The van der Waals surface area contributed by atoms with Gasteiger partial charge in [0, 0.05) is 31.3 Å². The predicted molar refractivity (Wildman–Crippen MR) is 159 cm³/mol. The number of carbonyl (C=O) groups excluding carboxylic acids is 1. The lowest BCUT2D eigenvalue weighted by Crippen LogP contribution is -2.48. The summed E-state index contributed by atoms with van der Waals surface area (Å²) in [7, 11) is 1.69. The van der Waals surface area contributed by atoms with Gasteiger partial charge in [-0.25, -0.2) is 0 Å². The monoisotopic (exact) mass is 555 g/mol. The van der Waals surface area contributed by atoms with Crippen LogP contribution in [0.4, 0.5) is 0 Å². The van der Waals surface area contributed by atoms with Crippen LogP contribution in [0, 0.1) is 17.8 Å². The molecule has 0 N–H and O–H groups in total. The van der Waals surface area contributed by atoms with E-state index in [1.165, 1.54) is 54.9 Å². The highest BCUT2D eigenvalue weighted by molar-refractivity contribution is 5.95. The molecule has 5 fully saturated rings. The van der Waals surface area contributed by atoms with Crippen LogP contribution in [0.5, 0.6) is 5.75 Å². The number of nitrogens with zero attached hydrogens (tertiary/aromatic N) is 1. The average molecular weight is 556 g/mol. The standard InChI is InChI=1S/C35H41NO5/c1-38-12-13-40-23-41-33-19-30-7-6-29(27-2-4-28(5-3-27)34(37)36-8-10-39-11-9-36)17-31(30)18-32(33)35-20-24-14-25(21-35)16-26(15-24)22-35/h2-7,17-19,24-26H,8-16,20-23H2,1H3. The maximum Gasteiger partial charge on any atom is 0.254 e. The van der Waals surface area contributed by atoms with Crippen LogP contribution in [0.1, 0.15) is 54.4 Å². The molecule has 4 saturated carbocycles. The van der Waals surface area contributed by atoms with Crippen molar-refractivity contribution < 1.29 is 23.7 Å². The molecule has 1 heterocycles. The van der Waals surface area contributed by atoms with E-state index in [1.807, 2.05) is 17.0 Å². The van der Waals surface area contributed by atoms with Crippen LogP contribution in [-0.2, 0) is 19.6 Å². The minimum atomic E-state index is 0.0808. The van der Waals surface area contributed by atoms with Crippen molar-refractivity contribution in [3.63, 3.8) is 0 Å². The molecular formula is C35H41NO5. The molecule has 4 bridgehead atoms. The fraction of sp³-hybridized carbons (Fsp3) is 0.514. The van der Waals surface area contributed by atoms with E-state index in [9.17, 15) is 4.79 Å². The molecule has 0 spiro atoms. The van der Waals surface area contributed by atoms with E-state index in [2.05, 4.69) is 42.5 Å². The van der Waals surface area contributed by atoms with Crippen LogP contribution < -0.4 is 4.74 Å². The predicted octanol–water partition coefficient (Wildman–Crippen LogP) is 6.45. The smallest absolute Gasteiger partial charge is 0.254 e. The number of amides is 1. The second kappa shape index (κ2) is 11.4. The van der Waals surface area contributed by atoms with E-state index >= 15 is 0 Å². The summed E-state index contributed by atoms with van der Waals surface area (Å²) < 4.78 is 22.6. The number of morpholine rings is 1. The largest absolute Gasteiger partial charge is 0.467 e. The molecule has 216 valence electrons. The third-order valence-corrected chi connectivity index (χ3v) is 10.0. The van der Waals surface area contributed by atoms with Gasteiger partial charge in [0.15, 0.2) is 6.79 Å². The van der Waals surface area contributed by atoms with Gasteiger partial charge in [0.05, 0.1) is 26.4 Å². The molecule has 1 amide bonds. The quantitative estimate of drug-likeness (QED) is 0.225. The fourth-order valence-electron chi connectivity index (χ4n) is 8.49. The minimum Gasteiger partial charge on any atom is -0.467 e. The lowest BCUT2D eigenvalue weighted by molar-refractivity contribution is -0.0188. The van der Waals surface area contributed by atoms with Gasteiger partial charge in [-0.1, -0.05) is 24.3 Å². The summed E-state index contributed by atoms with van der Waals surface area (Å²) in [6.45, 7) is 3.86. The van der Waals surface area contributed by atoms with Crippen molar-refractivity contribution in [2.45, 2.75) is 43.9 Å². The number of hydrogen-bond acceptors (Lipinski definition) is 5. The summed E-state index contributed by atoms with van der Waals surface area (Å²) in [6, 6.07) is 19.4. The number of benzene rings is 3. The molecule has 6 nitrogen and oxygen atoms in total. The third kappa shape index (κ3) is 5.38. The molecule has 1 saturated heterocycles. The highest BCUT2D eigenvalue weighted by Crippen LogP contribution is 2.62. The Morgan fingerprint density at radius 2 is 1.54 bits per heavy atom. The first-order valence-electron chi connectivity index (χ1n) is 15.4. The number of hydrogen-bond donors (Lipinski definition) is 0. The highest BCUT2D eigenvalue weighted by atomic mass is 16.7. The van der Waals surface area contributed by atoms with E-state index in [4.69, 9.17) is 18.9 Å². The molecule has 6 heteroatoms. The number of rotatable bonds is 9. The summed E-state index contributed by atoms with van der Waals surface area (Å²) in [4.78, 5) is 14.8. The number of ether oxygens (including phenoxy) is 4. The second-order valence-corrected chi connectivity index (χ2v) is 12.8. The van der Waals surface area contributed by atoms with Gasteiger partial charge < -0.3 is 23.8 Å². The molecule has 4 aliphatic carbocycles. The molecule has 3 aromatic carbocycles. The van der Waals surface area contributed by atoms with Crippen molar-refractivity contribution in [2.75, 3.05) is 53.4 Å². The van der Waals surface area contributed by atoms with Crippen LogP contribution in [-0.4, -0.2) is 64.2 Å². The summed E-state index contributed by atoms with van der Waals surface area (Å²) in [5, 5.41) is 2.42. The Morgan fingerprint density at radius 1 is 0.854 bits per heavy atom. The van der Waals surface area contributed by atoms with Gasteiger partial charge >= 0.3 is 0 Å². The average Bonchev–Trinajstić information content (AvgIpc) is 3.00. The first-order valence-corrected chi connectivity index (χ1v) is 15.4. The van der Waals surface area contributed by atoms with Gasteiger partial charge in [-0.05, 0) is 114 Å². The Kier molecular flexibility index (Phi) is 7.48. The normalized spacial score (nSPS) is 27.0. The van der Waals surface area contributed by atoms with E-state index in [1.54, 1.807) is 7.11 Å². The van der Waals surface area contributed by atoms with Crippen LogP contribution in [0.15, 0.2) is 54.6 Å². The van der Waals surface area contributed by atoms with Crippen LogP contribution >= 0.6 is 0 Å². The Labute approximate surface area is 242 Å². The van der Waals surface area contributed by atoms with Gasteiger partial charge in [-0.15, -0.1) is 0 Å². The van der Waals surface area contributed by atoms with Gasteiger partial charge in [-0.2, -0.15) is 0 Å². The lowest BCUT2D eigenvalue weighted by Gasteiger charge is -2.57. The van der Waals surface area contributed by atoms with E-state index < -0.39 is 0 Å². The van der Waals surface area contributed by atoms with Gasteiger partial charge in [-0.3, -0.25) is 4.79 Å². The van der Waals surface area contributed by atoms with Crippen LogP contribution in [0.25, 0.3) is 21.9 Å². The SMILES string of the molecule is COCCOCOc1cc2ccc(-c3ccc(C(=O)N4CCOCC4)cc3)cc2cc1C12CC3CC(CC(C3)C1)C2. The van der Waals surface area contributed by atoms with E-state index in [0.717, 1.165) is 40.2 Å². The molecular weight excluding hydrogens is 514 g/mol. The van der Waals surface area contributed by atoms with Crippen LogP contribution in [0.2, 0.25) is 0 Å². The zero-order chi connectivity index (χ0) is 27.8. The molecule has 0 unspecified atom stereocenters. The molecule has 1 aliphatic heterocycles. The van der Waals surface area contributed by atoms with Crippen molar-refractivity contribution in [3.05, 3.63) is 65.7 Å². The van der Waals surface area contributed by atoms with Gasteiger partial charge in [0.1, 0.15) is 5.75 Å². The van der Waals surface area contributed by atoms with Crippen molar-refractivity contribution in [2.24, 2.45) is 17.8 Å². The van der Waals surface area contributed by atoms with Crippen molar-refractivity contribution in [1.29, 1.82) is 0 Å². The number of methoxy groups -OCH3 is 1.